The average Bonchev–Trinajstić information content (AvgIpc) is 2.34. The fourth-order valence-corrected chi connectivity index (χ4v) is 1.90. The third-order valence-electron chi connectivity index (χ3n) is 2.21. The highest BCUT2D eigenvalue weighted by molar-refractivity contribution is 7.88. The van der Waals surface area contributed by atoms with Crippen molar-refractivity contribution in [3.05, 3.63) is 22.2 Å². The number of nitrogens with zero attached hydrogens (tertiary/aromatic N) is 2. The summed E-state index contributed by atoms with van der Waals surface area (Å²) in [4.78, 5) is 14.4. The van der Waals surface area contributed by atoms with Crippen molar-refractivity contribution in [2.75, 3.05) is 36.5 Å². The van der Waals surface area contributed by atoms with Crippen LogP contribution < -0.4 is 15.4 Å². The quantitative estimate of drug-likeness (QED) is 0.360. The van der Waals surface area contributed by atoms with Crippen LogP contribution in [-0.2, 0) is 10.0 Å². The van der Waals surface area contributed by atoms with E-state index in [0.717, 1.165) is 6.26 Å². The Kier molecular flexibility index (Phi) is 5.65. The number of nitrogens with one attached hydrogen (secondary N) is 3. The summed E-state index contributed by atoms with van der Waals surface area (Å²) in [7, 11) is -3.28. The molecule has 0 atom stereocenters. The first-order valence-electron chi connectivity index (χ1n) is 5.91. The van der Waals surface area contributed by atoms with Gasteiger partial charge in [0.1, 0.15) is 5.82 Å². The van der Waals surface area contributed by atoms with Crippen molar-refractivity contribution in [2.24, 2.45) is 0 Å². The van der Waals surface area contributed by atoms with Crippen molar-refractivity contribution in [2.45, 2.75) is 6.92 Å². The number of sulfonamides is 1. The van der Waals surface area contributed by atoms with Crippen molar-refractivity contribution in [3.63, 3.8) is 0 Å². The van der Waals surface area contributed by atoms with E-state index in [0.29, 0.717) is 12.4 Å². The summed E-state index contributed by atoms with van der Waals surface area (Å²) in [5.41, 5.74) is -0.161. The Bertz CT molecular complexity index is 575. The van der Waals surface area contributed by atoms with Gasteiger partial charge < -0.3 is 10.6 Å². The molecule has 0 unspecified atom stereocenters. The third kappa shape index (κ3) is 5.36. The van der Waals surface area contributed by atoms with Gasteiger partial charge in [-0.25, -0.2) is 18.1 Å². The highest BCUT2D eigenvalue weighted by Crippen LogP contribution is 2.23. The molecule has 0 aromatic carbocycles. The molecule has 0 aliphatic rings. The molecule has 0 radical (unpaired) electrons. The number of hydrogen-bond acceptors (Lipinski definition) is 7. The number of nitro groups is 1. The van der Waals surface area contributed by atoms with E-state index >= 15 is 0 Å². The lowest BCUT2D eigenvalue weighted by Gasteiger charge is -2.09. The molecule has 0 saturated carbocycles. The molecule has 0 aliphatic carbocycles. The van der Waals surface area contributed by atoms with Crippen molar-refractivity contribution in [3.8, 4) is 0 Å². The second-order valence-corrected chi connectivity index (χ2v) is 5.78. The van der Waals surface area contributed by atoms with Crippen molar-refractivity contribution in [1.82, 2.24) is 9.71 Å². The zero-order valence-corrected chi connectivity index (χ0v) is 12.0. The Morgan fingerprint density at radius 1 is 1.30 bits per heavy atom. The molecule has 1 heterocycles. The summed E-state index contributed by atoms with van der Waals surface area (Å²) in [6.45, 7) is 2.83. The zero-order valence-electron chi connectivity index (χ0n) is 11.2. The fraction of sp³-hybridized carbons (Fsp3) is 0.500. The van der Waals surface area contributed by atoms with Crippen LogP contribution in [0.15, 0.2) is 12.1 Å². The van der Waals surface area contributed by atoms with E-state index in [-0.39, 0.29) is 24.6 Å². The number of anilines is 2. The predicted molar refractivity (Wildman–Crippen MR) is 76.4 cm³/mol. The molecule has 0 aliphatic heterocycles. The van der Waals surface area contributed by atoms with Gasteiger partial charge in [-0.15, -0.1) is 0 Å². The second-order valence-electron chi connectivity index (χ2n) is 3.94. The topological polar surface area (TPSA) is 126 Å². The zero-order chi connectivity index (χ0) is 15.2. The monoisotopic (exact) mass is 303 g/mol. The smallest absolute Gasteiger partial charge is 0.311 e. The van der Waals surface area contributed by atoms with Crippen LogP contribution in [-0.4, -0.2) is 44.2 Å². The minimum Gasteiger partial charge on any atom is -0.370 e. The van der Waals surface area contributed by atoms with E-state index in [4.69, 9.17) is 0 Å². The summed E-state index contributed by atoms with van der Waals surface area (Å²) in [6, 6.07) is 2.86. The molecule has 0 spiro atoms. The lowest BCUT2D eigenvalue weighted by Crippen LogP contribution is -2.28. The number of rotatable bonds is 8. The van der Waals surface area contributed by atoms with Gasteiger partial charge in [-0.3, -0.25) is 10.1 Å². The van der Waals surface area contributed by atoms with E-state index in [9.17, 15) is 18.5 Å². The fourth-order valence-electron chi connectivity index (χ4n) is 1.43. The maximum atomic E-state index is 10.9. The van der Waals surface area contributed by atoms with Gasteiger partial charge in [-0.1, -0.05) is 0 Å². The Balaban J connectivity index is 2.74. The van der Waals surface area contributed by atoms with Crippen LogP contribution in [0.1, 0.15) is 6.92 Å². The first-order valence-corrected chi connectivity index (χ1v) is 7.80. The van der Waals surface area contributed by atoms with Crippen LogP contribution in [0.2, 0.25) is 0 Å². The lowest BCUT2D eigenvalue weighted by molar-refractivity contribution is -0.384. The normalized spacial score (nSPS) is 11.1. The molecule has 10 heteroatoms. The Hall–Kier alpha value is -1.94. The van der Waals surface area contributed by atoms with Gasteiger partial charge in [0.15, 0.2) is 0 Å². The first kappa shape index (κ1) is 16.1. The van der Waals surface area contributed by atoms with Crippen molar-refractivity contribution >= 4 is 27.3 Å². The maximum absolute atomic E-state index is 10.9. The van der Waals surface area contributed by atoms with Crippen LogP contribution >= 0.6 is 0 Å². The standard InChI is InChI=1S/C10H17N5O4S/c1-3-11-9-5-4-8(15(16)17)10(14-9)12-6-7-13-20(2,18)19/h4-5,13H,3,6-7H2,1-2H3,(H2,11,12,14). The summed E-state index contributed by atoms with van der Waals surface area (Å²) in [5, 5.41) is 16.6. The minimum absolute atomic E-state index is 0.101. The van der Waals surface area contributed by atoms with Gasteiger partial charge in [-0.2, -0.15) is 0 Å². The van der Waals surface area contributed by atoms with Crippen LogP contribution in [0.4, 0.5) is 17.3 Å². The molecule has 112 valence electrons. The summed E-state index contributed by atoms with van der Waals surface area (Å²) in [5.74, 6) is 0.612. The molecule has 0 fully saturated rings. The first-order chi connectivity index (χ1) is 9.33. The molecular weight excluding hydrogens is 286 g/mol. The molecule has 9 nitrogen and oxygen atoms in total. The molecular formula is C10H17N5O4S. The van der Waals surface area contributed by atoms with E-state index < -0.39 is 14.9 Å². The molecule has 1 aromatic heterocycles. The average molecular weight is 303 g/mol. The molecule has 20 heavy (non-hydrogen) atoms. The van der Waals surface area contributed by atoms with Gasteiger partial charge in [0, 0.05) is 25.7 Å². The molecule has 3 N–H and O–H groups in total. The van der Waals surface area contributed by atoms with Gasteiger partial charge >= 0.3 is 5.69 Å². The molecule has 0 amide bonds. The van der Waals surface area contributed by atoms with Crippen LogP contribution in [0.3, 0.4) is 0 Å². The highest BCUT2D eigenvalue weighted by Gasteiger charge is 2.15. The van der Waals surface area contributed by atoms with E-state index in [2.05, 4.69) is 20.3 Å². The van der Waals surface area contributed by atoms with Crippen LogP contribution in [0.5, 0.6) is 0 Å². The van der Waals surface area contributed by atoms with Gasteiger partial charge in [0.05, 0.1) is 11.2 Å². The molecule has 1 rings (SSSR count). The van der Waals surface area contributed by atoms with Gasteiger partial charge in [-0.05, 0) is 13.0 Å². The summed E-state index contributed by atoms with van der Waals surface area (Å²) >= 11 is 0. The summed E-state index contributed by atoms with van der Waals surface area (Å²) < 4.78 is 24.0. The highest BCUT2D eigenvalue weighted by atomic mass is 32.2. The number of pyridine rings is 1. The van der Waals surface area contributed by atoms with Crippen LogP contribution in [0.25, 0.3) is 0 Å². The van der Waals surface area contributed by atoms with E-state index in [1.807, 2.05) is 6.92 Å². The van der Waals surface area contributed by atoms with E-state index in [1.165, 1.54) is 12.1 Å². The van der Waals surface area contributed by atoms with Crippen molar-refractivity contribution < 1.29 is 13.3 Å². The Morgan fingerprint density at radius 2 is 2.00 bits per heavy atom. The maximum Gasteiger partial charge on any atom is 0.311 e. The lowest BCUT2D eigenvalue weighted by atomic mass is 10.3. The number of hydrogen-bond donors (Lipinski definition) is 3. The number of aromatic nitrogens is 1. The molecule has 0 saturated heterocycles. The summed E-state index contributed by atoms with van der Waals surface area (Å²) in [6.07, 6.45) is 1.04. The Labute approximate surface area is 117 Å². The molecule has 0 bridgehead atoms. The Morgan fingerprint density at radius 3 is 2.55 bits per heavy atom. The van der Waals surface area contributed by atoms with Gasteiger partial charge in [0.25, 0.3) is 0 Å². The van der Waals surface area contributed by atoms with E-state index in [1.54, 1.807) is 0 Å². The van der Waals surface area contributed by atoms with Crippen molar-refractivity contribution in [1.29, 1.82) is 0 Å². The SMILES string of the molecule is CCNc1ccc([N+](=O)[O-])c(NCCNS(C)(=O)=O)n1. The second kappa shape index (κ2) is 7.01. The van der Waals surface area contributed by atoms with Crippen LogP contribution in [0, 0.1) is 10.1 Å². The minimum atomic E-state index is -3.28. The van der Waals surface area contributed by atoms with Gasteiger partial charge in [0.2, 0.25) is 15.8 Å². The molecule has 1 aromatic rings. The predicted octanol–water partition coefficient (Wildman–Crippen LogP) is 0.383. The third-order valence-corrected chi connectivity index (χ3v) is 2.94. The largest absolute Gasteiger partial charge is 0.370 e.